The summed E-state index contributed by atoms with van der Waals surface area (Å²) in [6.45, 7) is 5.02. The van der Waals surface area contributed by atoms with E-state index in [1.165, 1.54) is 38.4 Å². The van der Waals surface area contributed by atoms with Crippen molar-refractivity contribution in [1.82, 2.24) is 14.8 Å². The molecule has 1 aromatic carbocycles. The summed E-state index contributed by atoms with van der Waals surface area (Å²) in [6, 6.07) is 5.45. The van der Waals surface area contributed by atoms with Crippen molar-refractivity contribution in [3.8, 4) is 0 Å². The van der Waals surface area contributed by atoms with Crippen LogP contribution in [0.15, 0.2) is 29.3 Å². The van der Waals surface area contributed by atoms with Crippen LogP contribution in [-0.4, -0.2) is 36.0 Å². The van der Waals surface area contributed by atoms with Crippen molar-refractivity contribution in [1.29, 1.82) is 0 Å². The molecule has 0 aliphatic heterocycles. The van der Waals surface area contributed by atoms with Gasteiger partial charge in [-0.25, -0.2) is 18.1 Å². The highest BCUT2D eigenvalue weighted by molar-refractivity contribution is 7.90. The van der Waals surface area contributed by atoms with E-state index in [4.69, 9.17) is 10.1 Å². The summed E-state index contributed by atoms with van der Waals surface area (Å²) in [4.78, 5) is 5.19. The average molecular weight is 401 g/mol. The molecule has 2 aromatic heterocycles. The second kappa shape index (κ2) is 7.35. The van der Waals surface area contributed by atoms with Gasteiger partial charge in [0, 0.05) is 18.2 Å². The Morgan fingerprint density at radius 2 is 1.96 bits per heavy atom. The normalized spacial score (nSPS) is 17.2. The zero-order valence-electron chi connectivity index (χ0n) is 16.8. The number of nitrogens with one attached hydrogen (secondary N) is 1. The second-order valence-corrected chi connectivity index (χ2v) is 9.95. The zero-order valence-corrected chi connectivity index (χ0v) is 17.6. The number of hydrogen-bond donors (Lipinski definition) is 1. The number of aromatic nitrogens is 3. The number of pyridine rings is 1. The highest BCUT2D eigenvalue weighted by Gasteiger charge is 2.25. The molecular weight excluding hydrogens is 372 g/mol. The first-order valence-corrected chi connectivity index (χ1v) is 12.0. The van der Waals surface area contributed by atoms with Gasteiger partial charge in [0.25, 0.3) is 0 Å². The molecule has 0 radical (unpaired) electrons. The monoisotopic (exact) mass is 400 g/mol. The summed E-state index contributed by atoms with van der Waals surface area (Å²) in [6.07, 6.45) is 9.51. The number of sulfone groups is 1. The average Bonchev–Trinajstić information content (AvgIpc) is 3.10. The van der Waals surface area contributed by atoms with Crippen LogP contribution < -0.4 is 5.32 Å². The predicted octanol–water partition coefficient (Wildman–Crippen LogP) is 4.56. The molecule has 0 unspecified atom stereocenters. The number of anilines is 1. The Labute approximate surface area is 166 Å². The van der Waals surface area contributed by atoms with Gasteiger partial charge in [0.1, 0.15) is 0 Å². The number of fused-ring (bicyclic) bond motifs is 2. The minimum Gasteiger partial charge on any atom is -0.384 e. The third-order valence-electron chi connectivity index (χ3n) is 6.00. The van der Waals surface area contributed by atoms with Crippen molar-refractivity contribution in [3.05, 3.63) is 24.4 Å². The standard InChI is InChI=1S/C21H28N4O2S/c1-4-22-20-17-12-16(28(3,26)27)10-11-19(17)24-21-18(20)13-23-25(21)14(2)15-8-6-5-7-9-15/h10-15H,4-9H2,1-3H3,(H,22,24)/t14-/m0/s1. The first-order valence-electron chi connectivity index (χ1n) is 10.1. The molecule has 150 valence electrons. The summed E-state index contributed by atoms with van der Waals surface area (Å²) in [5, 5.41) is 9.89. The molecule has 28 heavy (non-hydrogen) atoms. The lowest BCUT2D eigenvalue weighted by Gasteiger charge is -2.28. The number of benzene rings is 1. The van der Waals surface area contributed by atoms with Crippen LogP contribution in [0.25, 0.3) is 21.9 Å². The minimum absolute atomic E-state index is 0.299. The van der Waals surface area contributed by atoms with Crippen molar-refractivity contribution in [3.63, 3.8) is 0 Å². The topological polar surface area (TPSA) is 76.9 Å². The first-order chi connectivity index (χ1) is 13.4. The van der Waals surface area contributed by atoms with Gasteiger partial charge in [0.2, 0.25) is 0 Å². The van der Waals surface area contributed by atoms with E-state index in [0.29, 0.717) is 16.9 Å². The Balaban J connectivity index is 1.90. The van der Waals surface area contributed by atoms with E-state index >= 15 is 0 Å². The number of nitrogens with zero attached hydrogens (tertiary/aromatic N) is 3. The lowest BCUT2D eigenvalue weighted by Crippen LogP contribution is -2.20. The number of hydrogen-bond acceptors (Lipinski definition) is 5. The minimum atomic E-state index is -3.28. The van der Waals surface area contributed by atoms with Gasteiger partial charge in [0.15, 0.2) is 15.5 Å². The van der Waals surface area contributed by atoms with Gasteiger partial charge in [-0.3, -0.25) is 0 Å². The van der Waals surface area contributed by atoms with Crippen LogP contribution >= 0.6 is 0 Å². The highest BCUT2D eigenvalue weighted by Crippen LogP contribution is 2.37. The smallest absolute Gasteiger partial charge is 0.175 e. The maximum atomic E-state index is 12.0. The fraction of sp³-hybridized carbons (Fsp3) is 0.524. The van der Waals surface area contributed by atoms with Gasteiger partial charge in [-0.1, -0.05) is 19.3 Å². The third kappa shape index (κ3) is 3.36. The molecule has 0 amide bonds. The fourth-order valence-corrected chi connectivity index (χ4v) is 5.07. The molecule has 0 spiro atoms. The molecule has 1 fully saturated rings. The van der Waals surface area contributed by atoms with Crippen LogP contribution in [0.3, 0.4) is 0 Å². The van der Waals surface area contributed by atoms with Crippen molar-refractivity contribution < 1.29 is 8.42 Å². The van der Waals surface area contributed by atoms with Crippen molar-refractivity contribution in [2.24, 2.45) is 5.92 Å². The molecule has 1 N–H and O–H groups in total. The first kappa shape index (κ1) is 19.2. The molecule has 7 heteroatoms. The second-order valence-electron chi connectivity index (χ2n) is 7.93. The molecule has 6 nitrogen and oxygen atoms in total. The molecule has 1 atom stereocenters. The molecule has 1 aliphatic carbocycles. The molecule has 0 bridgehead atoms. The summed E-state index contributed by atoms with van der Waals surface area (Å²) < 4.78 is 26.1. The molecule has 0 saturated heterocycles. The summed E-state index contributed by atoms with van der Waals surface area (Å²) in [7, 11) is -3.28. The Kier molecular flexibility index (Phi) is 5.04. The van der Waals surface area contributed by atoms with Crippen LogP contribution in [0, 0.1) is 5.92 Å². The molecule has 1 saturated carbocycles. The molecular formula is C21H28N4O2S. The van der Waals surface area contributed by atoms with Gasteiger partial charge in [-0.2, -0.15) is 5.10 Å². The van der Waals surface area contributed by atoms with E-state index in [1.54, 1.807) is 18.2 Å². The fourth-order valence-electron chi connectivity index (χ4n) is 4.43. The maximum Gasteiger partial charge on any atom is 0.175 e. The molecule has 4 rings (SSSR count). The molecule has 3 aromatic rings. The Hall–Kier alpha value is -2.15. The lowest BCUT2D eigenvalue weighted by atomic mass is 9.84. The van der Waals surface area contributed by atoms with E-state index < -0.39 is 9.84 Å². The van der Waals surface area contributed by atoms with Gasteiger partial charge < -0.3 is 5.32 Å². The van der Waals surface area contributed by atoms with Crippen LogP contribution in [0.1, 0.15) is 52.0 Å². The molecule has 1 aliphatic rings. The van der Waals surface area contributed by atoms with Crippen LogP contribution in [0.5, 0.6) is 0 Å². The zero-order chi connectivity index (χ0) is 19.9. The van der Waals surface area contributed by atoms with E-state index in [9.17, 15) is 8.42 Å². The lowest BCUT2D eigenvalue weighted by molar-refractivity contribution is 0.254. The molecule has 2 heterocycles. The summed E-state index contributed by atoms with van der Waals surface area (Å²) in [5.41, 5.74) is 2.57. The van der Waals surface area contributed by atoms with Crippen LogP contribution in [0.4, 0.5) is 5.69 Å². The maximum absolute atomic E-state index is 12.0. The number of rotatable bonds is 5. The Morgan fingerprint density at radius 1 is 1.21 bits per heavy atom. The van der Waals surface area contributed by atoms with E-state index in [1.807, 2.05) is 13.1 Å². The van der Waals surface area contributed by atoms with Crippen LogP contribution in [0.2, 0.25) is 0 Å². The van der Waals surface area contributed by atoms with Crippen molar-refractivity contribution in [2.45, 2.75) is 56.9 Å². The van der Waals surface area contributed by atoms with Gasteiger partial charge >= 0.3 is 0 Å². The highest BCUT2D eigenvalue weighted by atomic mass is 32.2. The Morgan fingerprint density at radius 3 is 2.64 bits per heavy atom. The van der Waals surface area contributed by atoms with Gasteiger partial charge in [-0.05, 0) is 50.8 Å². The van der Waals surface area contributed by atoms with E-state index in [0.717, 1.165) is 34.2 Å². The predicted molar refractivity (Wildman–Crippen MR) is 114 cm³/mol. The van der Waals surface area contributed by atoms with Gasteiger partial charge in [0.05, 0.1) is 33.7 Å². The SMILES string of the molecule is CCNc1c2cc(S(C)(=O)=O)ccc2nc2c1cnn2[C@@H](C)C1CCCCC1. The van der Waals surface area contributed by atoms with Crippen LogP contribution in [-0.2, 0) is 9.84 Å². The third-order valence-corrected chi connectivity index (χ3v) is 7.11. The van der Waals surface area contributed by atoms with Crippen molar-refractivity contribution >= 4 is 37.5 Å². The van der Waals surface area contributed by atoms with E-state index in [2.05, 4.69) is 16.9 Å². The summed E-state index contributed by atoms with van der Waals surface area (Å²) >= 11 is 0. The van der Waals surface area contributed by atoms with E-state index in [-0.39, 0.29) is 0 Å². The van der Waals surface area contributed by atoms with Gasteiger partial charge in [-0.15, -0.1) is 0 Å². The van der Waals surface area contributed by atoms with Crippen molar-refractivity contribution in [2.75, 3.05) is 18.1 Å². The Bertz CT molecular complexity index is 1110. The summed E-state index contributed by atoms with van der Waals surface area (Å²) in [5.74, 6) is 0.629. The largest absolute Gasteiger partial charge is 0.384 e. The quantitative estimate of drug-likeness (QED) is 0.679.